The molecule has 3 heterocycles. The fraction of sp³-hybridized carbons (Fsp3) is 0.450. The van der Waals surface area contributed by atoms with Crippen LogP contribution in [0.5, 0.6) is 0 Å². The van der Waals surface area contributed by atoms with Gasteiger partial charge in [0.1, 0.15) is 0 Å². The van der Waals surface area contributed by atoms with Crippen molar-refractivity contribution in [2.45, 2.75) is 49.1 Å². The van der Waals surface area contributed by atoms with E-state index in [1.165, 1.54) is 32.1 Å². The number of hydrogen-bond donors (Lipinski definition) is 0. The molecule has 0 unspecified atom stereocenters. The maximum Gasteiger partial charge on any atom is 0.228 e. The van der Waals surface area contributed by atoms with Gasteiger partial charge in [-0.25, -0.2) is 4.98 Å². The fourth-order valence-corrected chi connectivity index (χ4v) is 4.56. The predicted molar refractivity (Wildman–Crippen MR) is 111 cm³/mol. The second-order valence-corrected chi connectivity index (χ2v) is 8.72. The van der Waals surface area contributed by atoms with Gasteiger partial charge in [0.2, 0.25) is 11.8 Å². The number of hydrogen-bond acceptors (Lipinski definition) is 6. The summed E-state index contributed by atoms with van der Waals surface area (Å²) in [6.45, 7) is 2.17. The number of rotatable bonds is 6. The van der Waals surface area contributed by atoms with E-state index in [-0.39, 0.29) is 0 Å². The highest BCUT2D eigenvalue weighted by molar-refractivity contribution is 7.98. The molecule has 1 aliphatic carbocycles. The zero-order chi connectivity index (χ0) is 18.9. The van der Waals surface area contributed by atoms with Crippen molar-refractivity contribution in [2.24, 2.45) is 0 Å². The molecule has 0 N–H and O–H groups in total. The van der Waals surface area contributed by atoms with Gasteiger partial charge in [0, 0.05) is 29.7 Å². The minimum absolute atomic E-state index is 0.545. The molecule has 8 heteroatoms. The normalized spacial score (nSPS) is 17.2. The van der Waals surface area contributed by atoms with Gasteiger partial charge in [0.25, 0.3) is 0 Å². The van der Waals surface area contributed by atoms with E-state index >= 15 is 0 Å². The van der Waals surface area contributed by atoms with E-state index in [1.807, 2.05) is 24.3 Å². The van der Waals surface area contributed by atoms with Crippen molar-refractivity contribution < 1.29 is 4.42 Å². The van der Waals surface area contributed by atoms with Gasteiger partial charge in [0.05, 0.1) is 11.9 Å². The SMILES string of the molecule is Clc1ccc(-c2cnc(CSc3nnc(N4CCCCC4)n3C3CC3)o2)cc1. The molecular weight excluding hydrogens is 394 g/mol. The topological polar surface area (TPSA) is 60.0 Å². The van der Waals surface area contributed by atoms with Crippen molar-refractivity contribution in [1.82, 2.24) is 19.7 Å². The van der Waals surface area contributed by atoms with E-state index in [4.69, 9.17) is 16.0 Å². The summed E-state index contributed by atoms with van der Waals surface area (Å²) in [6, 6.07) is 8.13. The molecule has 1 saturated carbocycles. The number of halogens is 1. The number of thioether (sulfide) groups is 1. The van der Waals surface area contributed by atoms with Crippen LogP contribution in [0.25, 0.3) is 11.3 Å². The third-order valence-corrected chi connectivity index (χ3v) is 6.38. The van der Waals surface area contributed by atoms with Crippen molar-refractivity contribution in [2.75, 3.05) is 18.0 Å². The molecule has 0 bridgehead atoms. The summed E-state index contributed by atoms with van der Waals surface area (Å²) in [6.07, 6.45) is 7.99. The highest BCUT2D eigenvalue weighted by Crippen LogP contribution is 2.41. The Bertz CT molecular complexity index is 944. The Balaban J connectivity index is 1.30. The largest absolute Gasteiger partial charge is 0.440 e. The molecule has 2 fully saturated rings. The van der Waals surface area contributed by atoms with E-state index in [9.17, 15) is 0 Å². The molecule has 1 saturated heterocycles. The van der Waals surface area contributed by atoms with E-state index in [1.54, 1.807) is 18.0 Å². The quantitative estimate of drug-likeness (QED) is 0.515. The Hall–Kier alpha value is -1.99. The van der Waals surface area contributed by atoms with Gasteiger partial charge in [-0.2, -0.15) is 0 Å². The monoisotopic (exact) mass is 415 g/mol. The van der Waals surface area contributed by atoms with Crippen LogP contribution in [0, 0.1) is 0 Å². The highest BCUT2D eigenvalue weighted by atomic mass is 35.5. The molecule has 1 aromatic carbocycles. The first-order valence-corrected chi connectivity index (χ1v) is 11.2. The Morgan fingerprint density at radius 3 is 2.61 bits per heavy atom. The number of nitrogens with zero attached hydrogens (tertiary/aromatic N) is 5. The molecule has 1 aliphatic heterocycles. The summed E-state index contributed by atoms with van der Waals surface area (Å²) in [5.41, 5.74) is 0.974. The predicted octanol–water partition coefficient (Wildman–Crippen LogP) is 5.20. The van der Waals surface area contributed by atoms with Crippen molar-refractivity contribution in [1.29, 1.82) is 0 Å². The first kappa shape index (κ1) is 18.1. The lowest BCUT2D eigenvalue weighted by Crippen LogP contribution is -2.31. The first-order chi connectivity index (χ1) is 13.8. The van der Waals surface area contributed by atoms with Crippen LogP contribution in [0.15, 0.2) is 40.0 Å². The summed E-state index contributed by atoms with van der Waals surface area (Å²) in [4.78, 5) is 6.82. The molecule has 28 heavy (non-hydrogen) atoms. The summed E-state index contributed by atoms with van der Waals surface area (Å²) < 4.78 is 8.26. The molecule has 0 amide bonds. The van der Waals surface area contributed by atoms with Crippen LogP contribution in [-0.2, 0) is 5.75 Å². The number of aromatic nitrogens is 4. The van der Waals surface area contributed by atoms with Crippen LogP contribution in [0.3, 0.4) is 0 Å². The Morgan fingerprint density at radius 2 is 1.86 bits per heavy atom. The third kappa shape index (κ3) is 3.78. The number of benzene rings is 1. The average Bonchev–Trinajstić information content (AvgIpc) is 3.30. The molecule has 0 radical (unpaired) electrons. The van der Waals surface area contributed by atoms with Gasteiger partial charge in [-0.1, -0.05) is 23.4 Å². The van der Waals surface area contributed by atoms with E-state index in [0.717, 1.165) is 35.5 Å². The molecule has 0 atom stereocenters. The van der Waals surface area contributed by atoms with Crippen LogP contribution in [0.4, 0.5) is 5.95 Å². The second-order valence-electron chi connectivity index (χ2n) is 7.35. The Morgan fingerprint density at radius 1 is 1.07 bits per heavy atom. The summed E-state index contributed by atoms with van der Waals surface area (Å²) in [7, 11) is 0. The molecule has 0 spiro atoms. The lowest BCUT2D eigenvalue weighted by Gasteiger charge is -2.27. The number of anilines is 1. The fourth-order valence-electron chi connectivity index (χ4n) is 3.58. The zero-order valence-electron chi connectivity index (χ0n) is 15.6. The van der Waals surface area contributed by atoms with Crippen molar-refractivity contribution in [3.05, 3.63) is 41.4 Å². The molecule has 146 valence electrons. The van der Waals surface area contributed by atoms with Crippen LogP contribution in [-0.4, -0.2) is 32.8 Å². The van der Waals surface area contributed by atoms with Gasteiger partial charge in [-0.15, -0.1) is 10.2 Å². The van der Waals surface area contributed by atoms with Crippen molar-refractivity contribution in [3.63, 3.8) is 0 Å². The van der Waals surface area contributed by atoms with Crippen molar-refractivity contribution in [3.8, 4) is 11.3 Å². The van der Waals surface area contributed by atoms with Gasteiger partial charge >= 0.3 is 0 Å². The minimum Gasteiger partial charge on any atom is -0.440 e. The maximum atomic E-state index is 5.96. The number of piperidine rings is 1. The summed E-state index contributed by atoms with van der Waals surface area (Å²) in [5.74, 6) is 3.13. The van der Waals surface area contributed by atoms with Crippen molar-refractivity contribution >= 4 is 29.3 Å². The van der Waals surface area contributed by atoms with E-state index in [2.05, 4.69) is 24.6 Å². The molecule has 6 nitrogen and oxygen atoms in total. The van der Waals surface area contributed by atoms with Crippen LogP contribution < -0.4 is 4.90 Å². The van der Waals surface area contributed by atoms with E-state index < -0.39 is 0 Å². The van der Waals surface area contributed by atoms with Gasteiger partial charge in [-0.3, -0.25) is 4.57 Å². The van der Waals surface area contributed by atoms with Crippen LogP contribution in [0.2, 0.25) is 5.02 Å². The van der Waals surface area contributed by atoms with E-state index in [0.29, 0.717) is 22.7 Å². The molecular formula is C20H22ClN5OS. The summed E-state index contributed by atoms with van der Waals surface area (Å²) >= 11 is 7.61. The maximum absolute atomic E-state index is 5.96. The van der Waals surface area contributed by atoms with Gasteiger partial charge in [0.15, 0.2) is 10.9 Å². The lowest BCUT2D eigenvalue weighted by molar-refractivity contribution is 0.529. The summed E-state index contributed by atoms with van der Waals surface area (Å²) in [5, 5.41) is 10.7. The minimum atomic E-state index is 0.545. The lowest BCUT2D eigenvalue weighted by atomic mass is 10.1. The zero-order valence-corrected chi connectivity index (χ0v) is 17.1. The standard InChI is InChI=1S/C20H22ClN5OS/c21-15-6-4-14(5-7-15)17-12-22-18(27-17)13-28-20-24-23-19(26(20)16-8-9-16)25-10-2-1-3-11-25/h4-7,12,16H,1-3,8-11,13H2. The first-order valence-electron chi connectivity index (χ1n) is 9.81. The van der Waals surface area contributed by atoms with Gasteiger partial charge in [-0.05, 0) is 56.4 Å². The van der Waals surface area contributed by atoms with Gasteiger partial charge < -0.3 is 9.32 Å². The molecule has 2 aliphatic rings. The highest BCUT2D eigenvalue weighted by Gasteiger charge is 2.32. The third-order valence-electron chi connectivity index (χ3n) is 5.20. The second kappa shape index (κ2) is 7.79. The average molecular weight is 416 g/mol. The molecule has 5 rings (SSSR count). The Labute approximate surface area is 173 Å². The van der Waals surface area contributed by atoms with Crippen LogP contribution in [0.1, 0.15) is 44.0 Å². The molecule has 3 aromatic rings. The Kier molecular flexibility index (Phi) is 5.03. The number of oxazole rings is 1. The smallest absolute Gasteiger partial charge is 0.228 e. The molecule has 2 aromatic heterocycles. The van der Waals surface area contributed by atoms with Crippen LogP contribution >= 0.6 is 23.4 Å².